The highest BCUT2D eigenvalue weighted by molar-refractivity contribution is 6.30. The summed E-state index contributed by atoms with van der Waals surface area (Å²) in [5.41, 5.74) is 1.30. The lowest BCUT2D eigenvalue weighted by Gasteiger charge is -1.96. The number of aryl methyl sites for hydroxylation is 1. The van der Waals surface area contributed by atoms with Crippen LogP contribution in [0.5, 0.6) is 0 Å². The number of nitrogens with zero attached hydrogens (tertiary/aromatic N) is 1. The highest BCUT2D eigenvalue weighted by atomic mass is 35.5. The second-order valence-electron chi connectivity index (χ2n) is 3.24. The average molecular weight is 238 g/mol. The molecular weight excluding hydrogens is 230 g/mol. The first kappa shape index (κ1) is 10.7. The van der Waals surface area contributed by atoms with E-state index in [0.29, 0.717) is 16.5 Å². The van der Waals surface area contributed by atoms with Crippen molar-refractivity contribution in [1.82, 2.24) is 4.98 Å². The van der Waals surface area contributed by atoms with Gasteiger partial charge in [-0.25, -0.2) is 9.78 Å². The van der Waals surface area contributed by atoms with Crippen molar-refractivity contribution in [3.05, 3.63) is 40.9 Å². The van der Waals surface area contributed by atoms with Crippen LogP contribution in [0.1, 0.15) is 16.4 Å². The first-order chi connectivity index (χ1) is 7.58. The normalized spacial score (nSPS) is 10.4. The lowest BCUT2D eigenvalue weighted by molar-refractivity contribution is 0.0652. The van der Waals surface area contributed by atoms with Gasteiger partial charge in [0.2, 0.25) is 0 Å². The van der Waals surface area contributed by atoms with E-state index in [1.807, 2.05) is 0 Å². The lowest BCUT2D eigenvalue weighted by Crippen LogP contribution is -1.95. The number of benzene rings is 1. The molecule has 0 fully saturated rings. The Kier molecular flexibility index (Phi) is 2.66. The van der Waals surface area contributed by atoms with Crippen molar-refractivity contribution in [2.45, 2.75) is 6.92 Å². The molecule has 0 amide bonds. The molecule has 2 rings (SSSR count). The van der Waals surface area contributed by atoms with Crippen molar-refractivity contribution in [3.8, 4) is 11.3 Å². The highest BCUT2D eigenvalue weighted by Crippen LogP contribution is 2.24. The zero-order valence-electron chi connectivity index (χ0n) is 8.40. The molecular formula is C11H8ClNO3. The maximum atomic E-state index is 10.7. The van der Waals surface area contributed by atoms with Crippen molar-refractivity contribution in [2.24, 2.45) is 0 Å². The largest absolute Gasteiger partial charge is 0.474 e. The number of aromatic carboxylic acids is 1. The van der Waals surface area contributed by atoms with Crippen LogP contribution in [0.15, 0.2) is 28.7 Å². The fourth-order valence-corrected chi connectivity index (χ4v) is 1.49. The molecule has 0 saturated carbocycles. The number of carboxylic acids is 1. The standard InChI is InChI=1S/C11H8ClNO3/c1-6-9(13-10(16-6)11(14)15)7-2-4-8(12)5-3-7/h2-5H,1H3,(H,14,15). The molecule has 2 aromatic rings. The Bertz CT molecular complexity index is 531. The predicted octanol–water partition coefficient (Wildman–Crippen LogP) is 3.00. The van der Waals surface area contributed by atoms with Gasteiger partial charge in [-0.1, -0.05) is 23.7 Å². The molecule has 82 valence electrons. The smallest absolute Gasteiger partial charge is 0.392 e. The summed E-state index contributed by atoms with van der Waals surface area (Å²) in [7, 11) is 0. The van der Waals surface area contributed by atoms with Gasteiger partial charge in [0.25, 0.3) is 0 Å². The van der Waals surface area contributed by atoms with Crippen LogP contribution in [0.2, 0.25) is 5.02 Å². The zero-order chi connectivity index (χ0) is 11.7. The molecule has 0 saturated heterocycles. The van der Waals surface area contributed by atoms with Crippen molar-refractivity contribution >= 4 is 17.6 Å². The number of oxazole rings is 1. The van der Waals surface area contributed by atoms with Crippen LogP contribution in [0.25, 0.3) is 11.3 Å². The van der Waals surface area contributed by atoms with Gasteiger partial charge in [-0.05, 0) is 19.1 Å². The summed E-state index contributed by atoms with van der Waals surface area (Å²) < 4.78 is 5.02. The third kappa shape index (κ3) is 1.92. The summed E-state index contributed by atoms with van der Waals surface area (Å²) in [5, 5.41) is 9.35. The molecule has 0 spiro atoms. The molecule has 1 aromatic carbocycles. The van der Waals surface area contributed by atoms with Gasteiger partial charge in [0.05, 0.1) is 0 Å². The molecule has 4 nitrogen and oxygen atoms in total. The number of carbonyl (C=O) groups is 1. The minimum atomic E-state index is -1.18. The number of aromatic nitrogens is 1. The monoisotopic (exact) mass is 237 g/mol. The molecule has 0 unspecified atom stereocenters. The van der Waals surface area contributed by atoms with E-state index < -0.39 is 5.97 Å². The van der Waals surface area contributed by atoms with E-state index in [2.05, 4.69) is 4.98 Å². The Morgan fingerprint density at radius 2 is 2.00 bits per heavy atom. The fourth-order valence-electron chi connectivity index (χ4n) is 1.36. The SMILES string of the molecule is Cc1oc(C(=O)O)nc1-c1ccc(Cl)cc1. The molecule has 0 atom stereocenters. The Morgan fingerprint density at radius 1 is 1.38 bits per heavy atom. The summed E-state index contributed by atoms with van der Waals surface area (Å²) in [6.07, 6.45) is 0. The van der Waals surface area contributed by atoms with Crippen LogP contribution in [0, 0.1) is 6.92 Å². The van der Waals surface area contributed by atoms with Crippen molar-refractivity contribution in [2.75, 3.05) is 0 Å². The summed E-state index contributed by atoms with van der Waals surface area (Å²) in [6, 6.07) is 6.95. The van der Waals surface area contributed by atoms with Crippen LogP contribution in [-0.2, 0) is 0 Å². The first-order valence-corrected chi connectivity index (χ1v) is 4.92. The fraction of sp³-hybridized carbons (Fsp3) is 0.0909. The average Bonchev–Trinajstić information content (AvgIpc) is 2.62. The first-order valence-electron chi connectivity index (χ1n) is 4.54. The van der Waals surface area contributed by atoms with E-state index in [-0.39, 0.29) is 5.89 Å². The van der Waals surface area contributed by atoms with Gasteiger partial charge in [0.15, 0.2) is 0 Å². The number of hydrogen-bond acceptors (Lipinski definition) is 3. The minimum Gasteiger partial charge on any atom is -0.474 e. The third-order valence-electron chi connectivity index (χ3n) is 2.10. The van der Waals surface area contributed by atoms with Crippen LogP contribution in [-0.4, -0.2) is 16.1 Å². The van der Waals surface area contributed by atoms with E-state index in [1.165, 1.54) is 0 Å². The molecule has 0 aliphatic carbocycles. The molecule has 1 N–H and O–H groups in total. The van der Waals surface area contributed by atoms with Crippen LogP contribution >= 0.6 is 11.6 Å². The van der Waals surface area contributed by atoms with Gasteiger partial charge >= 0.3 is 11.9 Å². The van der Waals surface area contributed by atoms with E-state index >= 15 is 0 Å². The molecule has 0 bridgehead atoms. The summed E-state index contributed by atoms with van der Waals surface area (Å²) in [4.78, 5) is 14.6. The van der Waals surface area contributed by atoms with E-state index in [0.717, 1.165) is 5.56 Å². The molecule has 5 heteroatoms. The molecule has 16 heavy (non-hydrogen) atoms. The molecule has 0 radical (unpaired) electrons. The van der Waals surface area contributed by atoms with E-state index in [4.69, 9.17) is 21.1 Å². The summed E-state index contributed by atoms with van der Waals surface area (Å²) in [5.74, 6) is -1.01. The van der Waals surface area contributed by atoms with Crippen LogP contribution < -0.4 is 0 Å². The number of rotatable bonds is 2. The third-order valence-corrected chi connectivity index (χ3v) is 2.35. The van der Waals surface area contributed by atoms with Gasteiger partial charge in [0, 0.05) is 10.6 Å². The van der Waals surface area contributed by atoms with Gasteiger partial charge < -0.3 is 9.52 Å². The quantitative estimate of drug-likeness (QED) is 0.872. The maximum absolute atomic E-state index is 10.7. The van der Waals surface area contributed by atoms with Crippen molar-refractivity contribution in [1.29, 1.82) is 0 Å². The second-order valence-corrected chi connectivity index (χ2v) is 3.67. The molecule has 0 aliphatic heterocycles. The van der Waals surface area contributed by atoms with Crippen LogP contribution in [0.4, 0.5) is 0 Å². The molecule has 1 aromatic heterocycles. The highest BCUT2D eigenvalue weighted by Gasteiger charge is 2.16. The predicted molar refractivity (Wildman–Crippen MR) is 58.6 cm³/mol. The van der Waals surface area contributed by atoms with Crippen molar-refractivity contribution in [3.63, 3.8) is 0 Å². The topological polar surface area (TPSA) is 63.3 Å². The Balaban J connectivity index is 2.47. The number of carboxylic acid groups (broad SMARTS) is 1. The van der Waals surface area contributed by atoms with Gasteiger partial charge in [-0.15, -0.1) is 0 Å². The molecule has 0 aliphatic rings. The Labute approximate surface area is 96.5 Å². The van der Waals surface area contributed by atoms with Gasteiger partial charge in [-0.3, -0.25) is 0 Å². The minimum absolute atomic E-state index is 0.303. The van der Waals surface area contributed by atoms with Gasteiger partial charge in [-0.2, -0.15) is 0 Å². The number of halogens is 1. The van der Waals surface area contributed by atoms with E-state index in [1.54, 1.807) is 31.2 Å². The lowest BCUT2D eigenvalue weighted by atomic mass is 10.1. The Hall–Kier alpha value is -1.81. The van der Waals surface area contributed by atoms with Crippen LogP contribution in [0.3, 0.4) is 0 Å². The zero-order valence-corrected chi connectivity index (χ0v) is 9.15. The summed E-state index contributed by atoms with van der Waals surface area (Å²) in [6.45, 7) is 1.67. The number of hydrogen-bond donors (Lipinski definition) is 1. The Morgan fingerprint density at radius 3 is 2.50 bits per heavy atom. The van der Waals surface area contributed by atoms with Crippen molar-refractivity contribution < 1.29 is 14.3 Å². The van der Waals surface area contributed by atoms with Gasteiger partial charge in [0.1, 0.15) is 11.5 Å². The maximum Gasteiger partial charge on any atom is 0.392 e. The van der Waals surface area contributed by atoms with E-state index in [9.17, 15) is 4.79 Å². The second kappa shape index (κ2) is 3.98. The summed E-state index contributed by atoms with van der Waals surface area (Å²) >= 11 is 5.76. The molecule has 1 heterocycles.